The standard InChI is InChI=1S/C22H18BrN3O3S/c23-19-9-11-20(12-10-19)25-30(28,29)21-8-4-7-18(15-21)22(27)26(14-13-24)16-17-5-2-1-3-6-17/h1-12,15,25H,14,16H2. The minimum atomic E-state index is -3.88. The lowest BCUT2D eigenvalue weighted by atomic mass is 10.1. The minimum absolute atomic E-state index is 0.0344. The summed E-state index contributed by atoms with van der Waals surface area (Å²) >= 11 is 3.30. The van der Waals surface area contributed by atoms with Crippen LogP contribution in [-0.4, -0.2) is 25.8 Å². The molecular weight excluding hydrogens is 466 g/mol. The molecule has 3 aromatic rings. The number of hydrogen-bond donors (Lipinski definition) is 1. The van der Waals surface area contributed by atoms with Crippen molar-refractivity contribution in [3.8, 4) is 6.07 Å². The average Bonchev–Trinajstić information content (AvgIpc) is 2.75. The van der Waals surface area contributed by atoms with Gasteiger partial charge in [-0.25, -0.2) is 8.42 Å². The van der Waals surface area contributed by atoms with Crippen molar-refractivity contribution in [1.29, 1.82) is 5.26 Å². The number of halogens is 1. The molecule has 1 amide bonds. The van der Waals surface area contributed by atoms with Crippen LogP contribution in [-0.2, 0) is 16.6 Å². The summed E-state index contributed by atoms with van der Waals surface area (Å²) in [6.45, 7) is 0.142. The second kappa shape index (κ2) is 9.57. The first kappa shape index (κ1) is 21.6. The van der Waals surface area contributed by atoms with Crippen LogP contribution in [0.3, 0.4) is 0 Å². The first-order valence-electron chi connectivity index (χ1n) is 8.97. The van der Waals surface area contributed by atoms with Gasteiger partial charge in [0.25, 0.3) is 15.9 Å². The highest BCUT2D eigenvalue weighted by atomic mass is 79.9. The van der Waals surface area contributed by atoms with Crippen molar-refractivity contribution in [2.75, 3.05) is 11.3 Å². The molecule has 1 N–H and O–H groups in total. The number of anilines is 1. The third kappa shape index (κ3) is 5.47. The third-order valence-electron chi connectivity index (χ3n) is 4.25. The van der Waals surface area contributed by atoms with Crippen molar-refractivity contribution in [2.24, 2.45) is 0 Å². The summed E-state index contributed by atoms with van der Waals surface area (Å²) in [5.41, 5.74) is 1.48. The summed E-state index contributed by atoms with van der Waals surface area (Å²) in [5.74, 6) is -0.416. The van der Waals surface area contributed by atoms with E-state index in [0.29, 0.717) is 5.69 Å². The van der Waals surface area contributed by atoms with Gasteiger partial charge in [-0.3, -0.25) is 9.52 Å². The maximum Gasteiger partial charge on any atom is 0.261 e. The fraction of sp³-hybridized carbons (Fsp3) is 0.0909. The Bertz CT molecular complexity index is 1170. The van der Waals surface area contributed by atoms with Crippen LogP contribution in [0.4, 0.5) is 5.69 Å². The van der Waals surface area contributed by atoms with Gasteiger partial charge in [0.15, 0.2) is 0 Å². The van der Waals surface area contributed by atoms with Gasteiger partial charge in [-0.1, -0.05) is 52.3 Å². The van der Waals surface area contributed by atoms with Gasteiger partial charge < -0.3 is 4.90 Å². The van der Waals surface area contributed by atoms with Crippen LogP contribution in [0.5, 0.6) is 0 Å². The largest absolute Gasteiger partial charge is 0.321 e. The van der Waals surface area contributed by atoms with Gasteiger partial charge >= 0.3 is 0 Å². The van der Waals surface area contributed by atoms with E-state index in [1.54, 1.807) is 24.3 Å². The molecule has 152 valence electrons. The summed E-state index contributed by atoms with van der Waals surface area (Å²) in [4.78, 5) is 14.3. The lowest BCUT2D eigenvalue weighted by Crippen LogP contribution is -2.31. The predicted octanol–water partition coefficient (Wildman–Crippen LogP) is 4.42. The van der Waals surface area contributed by atoms with Crippen molar-refractivity contribution in [3.05, 3.63) is 94.5 Å². The monoisotopic (exact) mass is 483 g/mol. The predicted molar refractivity (Wildman–Crippen MR) is 118 cm³/mol. The highest BCUT2D eigenvalue weighted by molar-refractivity contribution is 9.10. The number of sulfonamides is 1. The summed E-state index contributed by atoms with van der Waals surface area (Å²) in [6, 6.07) is 23.8. The van der Waals surface area contributed by atoms with Crippen LogP contribution < -0.4 is 4.72 Å². The topological polar surface area (TPSA) is 90.3 Å². The Morgan fingerprint density at radius 2 is 1.70 bits per heavy atom. The number of rotatable bonds is 7. The Hall–Kier alpha value is -3.15. The number of carbonyl (C=O) groups is 1. The number of benzene rings is 3. The van der Waals surface area contributed by atoms with E-state index in [2.05, 4.69) is 20.7 Å². The fourth-order valence-corrected chi connectivity index (χ4v) is 4.17. The van der Waals surface area contributed by atoms with Gasteiger partial charge in [0.1, 0.15) is 6.54 Å². The summed E-state index contributed by atoms with van der Waals surface area (Å²) in [5, 5.41) is 9.12. The molecule has 0 heterocycles. The van der Waals surface area contributed by atoms with Crippen LogP contribution in [0.1, 0.15) is 15.9 Å². The second-order valence-electron chi connectivity index (χ2n) is 6.45. The molecule has 0 radical (unpaired) electrons. The molecule has 0 saturated heterocycles. The molecule has 0 spiro atoms. The molecule has 0 aliphatic rings. The molecule has 3 rings (SSSR count). The van der Waals surface area contributed by atoms with Crippen LogP contribution in [0.2, 0.25) is 0 Å². The molecule has 8 heteroatoms. The summed E-state index contributed by atoms with van der Waals surface area (Å²) in [7, 11) is -3.88. The molecule has 0 aliphatic heterocycles. The smallest absolute Gasteiger partial charge is 0.261 e. The number of nitrogens with zero attached hydrogens (tertiary/aromatic N) is 2. The van der Waals surface area contributed by atoms with E-state index in [1.165, 1.54) is 29.2 Å². The molecule has 3 aromatic carbocycles. The first-order chi connectivity index (χ1) is 14.4. The molecule has 0 atom stereocenters. The van der Waals surface area contributed by atoms with E-state index in [9.17, 15) is 13.2 Å². The van der Waals surface area contributed by atoms with E-state index >= 15 is 0 Å². The summed E-state index contributed by atoms with van der Waals surface area (Å²) in [6.07, 6.45) is 0. The molecule has 0 aromatic heterocycles. The molecule has 0 saturated carbocycles. The Morgan fingerprint density at radius 3 is 2.37 bits per heavy atom. The highest BCUT2D eigenvalue weighted by Crippen LogP contribution is 2.20. The molecule has 0 bridgehead atoms. The molecule has 0 aliphatic carbocycles. The number of amides is 1. The van der Waals surface area contributed by atoms with Crippen molar-refractivity contribution in [1.82, 2.24) is 4.90 Å². The fourth-order valence-electron chi connectivity index (χ4n) is 2.80. The van der Waals surface area contributed by atoms with Gasteiger partial charge in [0.05, 0.1) is 11.0 Å². The zero-order chi connectivity index (χ0) is 21.6. The van der Waals surface area contributed by atoms with Gasteiger partial charge in [0.2, 0.25) is 0 Å². The SMILES string of the molecule is N#CCN(Cc1ccccc1)C(=O)c1cccc(S(=O)(=O)Nc2ccc(Br)cc2)c1. The Labute approximate surface area is 183 Å². The molecule has 30 heavy (non-hydrogen) atoms. The number of nitriles is 1. The Balaban J connectivity index is 1.84. The third-order valence-corrected chi connectivity index (χ3v) is 6.16. The van der Waals surface area contributed by atoms with Crippen molar-refractivity contribution in [2.45, 2.75) is 11.4 Å². The molecule has 0 unspecified atom stereocenters. The zero-order valence-electron chi connectivity index (χ0n) is 15.8. The second-order valence-corrected chi connectivity index (χ2v) is 9.04. The van der Waals surface area contributed by atoms with Gasteiger partial charge in [-0.2, -0.15) is 5.26 Å². The van der Waals surface area contributed by atoms with E-state index < -0.39 is 15.9 Å². The van der Waals surface area contributed by atoms with Crippen molar-refractivity contribution in [3.63, 3.8) is 0 Å². The van der Waals surface area contributed by atoms with Crippen LogP contribution in [0.25, 0.3) is 0 Å². The number of carbonyl (C=O) groups excluding carboxylic acids is 1. The van der Waals surface area contributed by atoms with Crippen LogP contribution in [0, 0.1) is 11.3 Å². The van der Waals surface area contributed by atoms with Crippen LogP contribution in [0.15, 0.2) is 88.2 Å². The first-order valence-corrected chi connectivity index (χ1v) is 11.3. The van der Waals surface area contributed by atoms with Crippen LogP contribution >= 0.6 is 15.9 Å². The van der Waals surface area contributed by atoms with Gasteiger partial charge in [-0.15, -0.1) is 0 Å². The molecule has 6 nitrogen and oxygen atoms in total. The lowest BCUT2D eigenvalue weighted by Gasteiger charge is -2.20. The van der Waals surface area contributed by atoms with Crippen molar-refractivity contribution >= 4 is 37.5 Å². The normalized spacial score (nSPS) is 10.8. The van der Waals surface area contributed by atoms with E-state index in [-0.39, 0.29) is 23.5 Å². The average molecular weight is 484 g/mol. The summed E-state index contributed by atoms with van der Waals surface area (Å²) < 4.78 is 28.8. The van der Waals surface area contributed by atoms with E-state index in [4.69, 9.17) is 5.26 Å². The highest BCUT2D eigenvalue weighted by Gasteiger charge is 2.20. The Kier molecular flexibility index (Phi) is 6.87. The quantitative estimate of drug-likeness (QED) is 0.503. The Morgan fingerprint density at radius 1 is 1.00 bits per heavy atom. The maximum absolute atomic E-state index is 13.0. The maximum atomic E-state index is 13.0. The zero-order valence-corrected chi connectivity index (χ0v) is 18.2. The van der Waals surface area contributed by atoms with E-state index in [1.807, 2.05) is 36.4 Å². The van der Waals surface area contributed by atoms with Gasteiger partial charge in [-0.05, 0) is 48.0 Å². The lowest BCUT2D eigenvalue weighted by molar-refractivity contribution is 0.0764. The number of nitrogens with one attached hydrogen (secondary N) is 1. The molecular formula is C22H18BrN3O3S. The van der Waals surface area contributed by atoms with Crippen molar-refractivity contribution < 1.29 is 13.2 Å². The number of hydrogen-bond acceptors (Lipinski definition) is 4. The molecule has 0 fully saturated rings. The van der Waals surface area contributed by atoms with Gasteiger partial charge in [0, 0.05) is 22.3 Å². The van der Waals surface area contributed by atoms with E-state index in [0.717, 1.165) is 10.0 Å². The minimum Gasteiger partial charge on any atom is -0.321 e.